The molecule has 0 saturated heterocycles. The Bertz CT molecular complexity index is 774. The van der Waals surface area contributed by atoms with Crippen LogP contribution < -0.4 is 5.56 Å². The van der Waals surface area contributed by atoms with E-state index in [1.807, 2.05) is 0 Å². The molecule has 0 spiro atoms. The third-order valence-corrected chi connectivity index (χ3v) is 3.90. The van der Waals surface area contributed by atoms with Crippen molar-refractivity contribution < 1.29 is 13.5 Å². The summed E-state index contributed by atoms with van der Waals surface area (Å²) >= 11 is 0. The van der Waals surface area contributed by atoms with Crippen LogP contribution in [0.5, 0.6) is 5.75 Å². The molecule has 1 aromatic heterocycles. The second-order valence-electron chi connectivity index (χ2n) is 4.02. The Kier molecular flexibility index (Phi) is 2.90. The third kappa shape index (κ3) is 1.78. The first kappa shape index (κ1) is 12.6. The van der Waals surface area contributed by atoms with E-state index in [0.29, 0.717) is 17.4 Å². The highest BCUT2D eigenvalue weighted by atomic mass is 32.2. The Morgan fingerprint density at radius 1 is 1.28 bits per heavy atom. The summed E-state index contributed by atoms with van der Waals surface area (Å²) in [5, 5.41) is 10.4. The number of pyridine rings is 1. The summed E-state index contributed by atoms with van der Waals surface area (Å²) in [5.41, 5.74) is -0.161. The first-order valence-corrected chi connectivity index (χ1v) is 7.31. The number of hydrogen-bond acceptors (Lipinski definition) is 4. The van der Waals surface area contributed by atoms with Crippen LogP contribution in [0.1, 0.15) is 6.92 Å². The van der Waals surface area contributed by atoms with Gasteiger partial charge in [0.15, 0.2) is 14.7 Å². The number of nitrogens with zero attached hydrogens (tertiary/aromatic N) is 1. The lowest BCUT2D eigenvalue weighted by Crippen LogP contribution is -2.25. The van der Waals surface area contributed by atoms with E-state index in [4.69, 9.17) is 0 Å². The maximum Gasteiger partial charge on any atom is 0.273 e. The Balaban J connectivity index is 3.13. The molecule has 6 heteroatoms. The van der Waals surface area contributed by atoms with E-state index < -0.39 is 26.0 Å². The smallest absolute Gasteiger partial charge is 0.273 e. The van der Waals surface area contributed by atoms with E-state index in [9.17, 15) is 18.3 Å². The summed E-state index contributed by atoms with van der Waals surface area (Å²) in [7, 11) is -3.77. The van der Waals surface area contributed by atoms with Gasteiger partial charge in [0.25, 0.3) is 5.56 Å². The standard InChI is InChI=1S/C12H13NO4S/c1-3-13-9-7-5-4-6-8(9)10(14)11(12(13)15)18(2,16)17/h4-7,14H,3H2,1-2H3. The van der Waals surface area contributed by atoms with Crippen molar-refractivity contribution in [2.45, 2.75) is 18.4 Å². The van der Waals surface area contributed by atoms with Gasteiger partial charge in [-0.15, -0.1) is 0 Å². The highest BCUT2D eigenvalue weighted by molar-refractivity contribution is 7.90. The molecule has 1 heterocycles. The summed E-state index contributed by atoms with van der Waals surface area (Å²) in [4.78, 5) is 11.6. The molecule has 0 atom stereocenters. The highest BCUT2D eigenvalue weighted by Gasteiger charge is 2.23. The number of aromatic nitrogens is 1. The maximum atomic E-state index is 12.1. The van der Waals surface area contributed by atoms with Gasteiger partial charge in [-0.2, -0.15) is 0 Å². The SMILES string of the molecule is CCn1c(=O)c(S(C)(=O)=O)c(O)c2ccccc21. The van der Waals surface area contributed by atoms with Crippen LogP contribution in [0.3, 0.4) is 0 Å². The summed E-state index contributed by atoms with van der Waals surface area (Å²) in [6.45, 7) is 2.08. The Labute approximate surface area is 104 Å². The van der Waals surface area contributed by atoms with Gasteiger partial charge in [0.05, 0.1) is 5.52 Å². The molecule has 0 aliphatic carbocycles. The second-order valence-corrected chi connectivity index (χ2v) is 5.97. The molecule has 1 N–H and O–H groups in total. The maximum absolute atomic E-state index is 12.1. The lowest BCUT2D eigenvalue weighted by atomic mass is 10.2. The zero-order chi connectivity index (χ0) is 13.5. The molecule has 0 aliphatic rings. The summed E-state index contributed by atoms with van der Waals surface area (Å²) in [6, 6.07) is 6.67. The van der Waals surface area contributed by atoms with Gasteiger partial charge in [0.2, 0.25) is 0 Å². The van der Waals surface area contributed by atoms with Gasteiger partial charge in [-0.3, -0.25) is 4.79 Å². The molecule has 2 rings (SSSR count). The molecule has 0 radical (unpaired) electrons. The van der Waals surface area contributed by atoms with Gasteiger partial charge in [-0.05, 0) is 19.1 Å². The first-order valence-electron chi connectivity index (χ1n) is 5.42. The average Bonchev–Trinajstić information content (AvgIpc) is 2.28. The van der Waals surface area contributed by atoms with Crippen molar-refractivity contribution in [3.8, 4) is 5.75 Å². The molecule has 0 saturated carbocycles. The zero-order valence-electron chi connectivity index (χ0n) is 10.0. The number of benzene rings is 1. The van der Waals surface area contributed by atoms with E-state index >= 15 is 0 Å². The molecule has 0 amide bonds. The number of hydrogen-bond donors (Lipinski definition) is 1. The second kappa shape index (κ2) is 4.13. The van der Waals surface area contributed by atoms with Crippen LogP contribution in [-0.2, 0) is 16.4 Å². The molecule has 18 heavy (non-hydrogen) atoms. The monoisotopic (exact) mass is 267 g/mol. The van der Waals surface area contributed by atoms with Crippen LogP contribution in [0.25, 0.3) is 10.9 Å². The molecule has 5 nitrogen and oxygen atoms in total. The molecule has 0 bridgehead atoms. The fourth-order valence-electron chi connectivity index (χ4n) is 2.01. The van der Waals surface area contributed by atoms with Gasteiger partial charge in [-0.25, -0.2) is 8.42 Å². The van der Waals surface area contributed by atoms with Crippen molar-refractivity contribution in [3.63, 3.8) is 0 Å². The van der Waals surface area contributed by atoms with Crippen LogP contribution in [0.15, 0.2) is 34.0 Å². The predicted molar refractivity (Wildman–Crippen MR) is 68.7 cm³/mol. The van der Waals surface area contributed by atoms with E-state index in [0.717, 1.165) is 6.26 Å². The van der Waals surface area contributed by atoms with Crippen molar-refractivity contribution in [1.82, 2.24) is 4.57 Å². The summed E-state index contributed by atoms with van der Waals surface area (Å²) < 4.78 is 24.6. The number of rotatable bonds is 2. The van der Waals surface area contributed by atoms with Crippen LogP contribution in [0.2, 0.25) is 0 Å². The van der Waals surface area contributed by atoms with Gasteiger partial charge in [-0.1, -0.05) is 12.1 Å². The lowest BCUT2D eigenvalue weighted by Gasteiger charge is -2.12. The van der Waals surface area contributed by atoms with Gasteiger partial charge in [0, 0.05) is 18.2 Å². The van der Waals surface area contributed by atoms with Crippen molar-refractivity contribution in [3.05, 3.63) is 34.6 Å². The van der Waals surface area contributed by atoms with Gasteiger partial charge >= 0.3 is 0 Å². The molecule has 1 aromatic carbocycles. The minimum Gasteiger partial charge on any atom is -0.506 e. The molecular weight excluding hydrogens is 254 g/mol. The fourth-order valence-corrected chi connectivity index (χ4v) is 2.90. The molecule has 0 fully saturated rings. The van der Waals surface area contributed by atoms with Crippen molar-refractivity contribution >= 4 is 20.7 Å². The fraction of sp³-hybridized carbons (Fsp3) is 0.250. The predicted octanol–water partition coefficient (Wildman–Crippen LogP) is 1.13. The molecule has 2 aromatic rings. The normalized spacial score (nSPS) is 11.9. The molecule has 0 unspecified atom stereocenters. The molecule has 96 valence electrons. The minimum atomic E-state index is -3.77. The van der Waals surface area contributed by atoms with E-state index in [-0.39, 0.29) is 0 Å². The van der Waals surface area contributed by atoms with Crippen molar-refractivity contribution in [2.24, 2.45) is 0 Å². The van der Waals surface area contributed by atoms with Gasteiger partial charge in [0.1, 0.15) is 5.75 Å². The number of sulfone groups is 1. The van der Waals surface area contributed by atoms with Gasteiger partial charge < -0.3 is 9.67 Å². The largest absolute Gasteiger partial charge is 0.506 e. The number of aryl methyl sites for hydroxylation is 1. The number of para-hydroxylation sites is 1. The summed E-state index contributed by atoms with van der Waals surface area (Å²) in [6.07, 6.45) is 0.915. The lowest BCUT2D eigenvalue weighted by molar-refractivity contribution is 0.460. The minimum absolute atomic E-state index is 0.335. The zero-order valence-corrected chi connectivity index (χ0v) is 10.9. The topological polar surface area (TPSA) is 76.4 Å². The number of aromatic hydroxyl groups is 1. The van der Waals surface area contributed by atoms with Crippen LogP contribution >= 0.6 is 0 Å². The van der Waals surface area contributed by atoms with E-state index in [1.54, 1.807) is 31.2 Å². The molecular formula is C12H13NO4S. The average molecular weight is 267 g/mol. The van der Waals surface area contributed by atoms with Crippen molar-refractivity contribution in [2.75, 3.05) is 6.26 Å². The van der Waals surface area contributed by atoms with Crippen LogP contribution in [0, 0.1) is 0 Å². The first-order chi connectivity index (χ1) is 8.38. The van der Waals surface area contributed by atoms with E-state index in [2.05, 4.69) is 0 Å². The quantitative estimate of drug-likeness (QED) is 0.885. The van der Waals surface area contributed by atoms with E-state index in [1.165, 1.54) is 4.57 Å². The van der Waals surface area contributed by atoms with Crippen molar-refractivity contribution in [1.29, 1.82) is 0 Å². The Morgan fingerprint density at radius 2 is 1.89 bits per heavy atom. The highest BCUT2D eigenvalue weighted by Crippen LogP contribution is 2.28. The summed E-state index contributed by atoms with van der Waals surface area (Å²) in [5.74, 6) is -0.470. The molecule has 0 aliphatic heterocycles. The van der Waals surface area contributed by atoms with Crippen LogP contribution in [-0.4, -0.2) is 24.3 Å². The third-order valence-electron chi connectivity index (χ3n) is 2.79. The Morgan fingerprint density at radius 3 is 2.44 bits per heavy atom. The Hall–Kier alpha value is -1.82. The van der Waals surface area contributed by atoms with Crippen LogP contribution in [0.4, 0.5) is 0 Å². The number of fused-ring (bicyclic) bond motifs is 1.